The van der Waals surface area contributed by atoms with Gasteiger partial charge >= 0.3 is 0 Å². The average Bonchev–Trinajstić information content (AvgIpc) is 1.98. The normalized spacial score (nSPS) is 16.7. The van der Waals surface area contributed by atoms with Crippen LogP contribution in [0.3, 0.4) is 0 Å². The largest absolute Gasteiger partial charge is 0.0960 e. The van der Waals surface area contributed by atoms with Crippen molar-refractivity contribution in [1.82, 2.24) is 0 Å². The summed E-state index contributed by atoms with van der Waals surface area (Å²) in [6.07, 6.45) is 4.11. The van der Waals surface area contributed by atoms with E-state index in [4.69, 9.17) is 0 Å². The molecule has 0 saturated heterocycles. The molecule has 0 fully saturated rings. The van der Waals surface area contributed by atoms with Crippen LogP contribution in [0.1, 0.15) is 40.0 Å². The predicted octanol–water partition coefficient (Wildman–Crippen LogP) is 1.46. The highest BCUT2D eigenvalue weighted by atomic mass is 14.2. The van der Waals surface area contributed by atoms with Crippen molar-refractivity contribution < 1.29 is 0 Å². The smallest absolute Gasteiger partial charge is 0.0932 e. The van der Waals surface area contributed by atoms with Crippen molar-refractivity contribution in [3.8, 4) is 0 Å². The lowest BCUT2D eigenvalue weighted by atomic mass is 9.59. The van der Waals surface area contributed by atoms with Crippen molar-refractivity contribution in [2.75, 3.05) is 0 Å². The van der Waals surface area contributed by atoms with E-state index >= 15 is 0 Å². The number of rotatable bonds is 5. The first-order valence-corrected chi connectivity index (χ1v) is 5.13. The van der Waals surface area contributed by atoms with Crippen molar-refractivity contribution in [3.05, 3.63) is 0 Å². The van der Waals surface area contributed by atoms with Gasteiger partial charge in [0.1, 0.15) is 0 Å². The third kappa shape index (κ3) is 3.88. The summed E-state index contributed by atoms with van der Waals surface area (Å²) >= 11 is 0. The standard InChI is InChI=1S/C9H22B2/c1-4-6-8(5-2)7(3)9(10)11/h7-9H,4-6,10-11H2,1-3H3. The van der Waals surface area contributed by atoms with Gasteiger partial charge in [-0.2, -0.15) is 0 Å². The van der Waals surface area contributed by atoms with E-state index in [1.807, 2.05) is 0 Å². The van der Waals surface area contributed by atoms with Crippen LogP contribution in [-0.4, -0.2) is 15.7 Å². The average molecular weight is 152 g/mol. The van der Waals surface area contributed by atoms with Crippen molar-refractivity contribution in [2.24, 2.45) is 11.8 Å². The maximum Gasteiger partial charge on any atom is 0.0960 e. The summed E-state index contributed by atoms with van der Waals surface area (Å²) in [4.78, 5) is 0. The molecule has 0 spiro atoms. The lowest BCUT2D eigenvalue weighted by Crippen LogP contribution is -2.16. The summed E-state index contributed by atoms with van der Waals surface area (Å²) in [6, 6.07) is 0. The molecule has 0 aromatic carbocycles. The van der Waals surface area contributed by atoms with Crippen LogP contribution in [0.4, 0.5) is 0 Å². The summed E-state index contributed by atoms with van der Waals surface area (Å²) in [5.74, 6) is 1.86. The quantitative estimate of drug-likeness (QED) is 0.523. The third-order valence-electron chi connectivity index (χ3n) is 2.98. The van der Waals surface area contributed by atoms with E-state index < -0.39 is 0 Å². The van der Waals surface area contributed by atoms with Gasteiger partial charge < -0.3 is 0 Å². The van der Waals surface area contributed by atoms with Gasteiger partial charge in [0.25, 0.3) is 0 Å². The Morgan fingerprint density at radius 3 is 2.00 bits per heavy atom. The Bertz CT molecular complexity index is 91.6. The van der Waals surface area contributed by atoms with Crippen molar-refractivity contribution in [1.29, 1.82) is 0 Å². The maximum atomic E-state index is 2.40. The van der Waals surface area contributed by atoms with Crippen LogP contribution in [0.5, 0.6) is 0 Å². The van der Waals surface area contributed by atoms with E-state index in [9.17, 15) is 0 Å². The molecular formula is C9H22B2. The van der Waals surface area contributed by atoms with Gasteiger partial charge in [0.2, 0.25) is 0 Å². The highest BCUT2D eigenvalue weighted by molar-refractivity contribution is 6.35. The molecule has 0 aliphatic heterocycles. The minimum atomic E-state index is 0.853. The monoisotopic (exact) mass is 152 g/mol. The molecule has 11 heavy (non-hydrogen) atoms. The van der Waals surface area contributed by atoms with Gasteiger partial charge in [0, 0.05) is 0 Å². The van der Waals surface area contributed by atoms with Crippen molar-refractivity contribution in [3.63, 3.8) is 0 Å². The van der Waals surface area contributed by atoms with Crippen LogP contribution in [0, 0.1) is 11.8 Å². The van der Waals surface area contributed by atoms with Gasteiger partial charge in [-0.15, -0.1) is 0 Å². The van der Waals surface area contributed by atoms with Gasteiger partial charge in [-0.3, -0.25) is 0 Å². The Morgan fingerprint density at radius 2 is 1.73 bits per heavy atom. The lowest BCUT2D eigenvalue weighted by Gasteiger charge is -2.25. The van der Waals surface area contributed by atoms with E-state index in [2.05, 4.69) is 36.5 Å². The summed E-state index contributed by atoms with van der Waals surface area (Å²) in [6.45, 7) is 7.00. The Kier molecular flexibility index (Phi) is 5.81. The molecule has 0 N–H and O–H groups in total. The first kappa shape index (κ1) is 11.1. The van der Waals surface area contributed by atoms with Gasteiger partial charge in [-0.05, 0) is 5.92 Å². The summed E-state index contributed by atoms with van der Waals surface area (Å²) in [5, 5.41) is 0. The third-order valence-corrected chi connectivity index (χ3v) is 2.98. The predicted molar refractivity (Wildman–Crippen MR) is 58.7 cm³/mol. The van der Waals surface area contributed by atoms with Crippen LogP contribution in [-0.2, 0) is 0 Å². The van der Waals surface area contributed by atoms with E-state index in [-0.39, 0.29) is 0 Å². The molecule has 0 nitrogen and oxygen atoms in total. The first-order chi connectivity index (χ1) is 5.13. The molecule has 0 aliphatic carbocycles. The summed E-state index contributed by atoms with van der Waals surface area (Å²) in [5.41, 5.74) is 0.853. The highest BCUT2D eigenvalue weighted by Gasteiger charge is 2.16. The maximum absolute atomic E-state index is 2.40. The Hall–Kier alpha value is 0.130. The fourth-order valence-electron chi connectivity index (χ4n) is 1.75. The van der Waals surface area contributed by atoms with Crippen LogP contribution in [0.15, 0.2) is 0 Å². The number of hydrogen-bond acceptors (Lipinski definition) is 0. The second-order valence-corrected chi connectivity index (χ2v) is 4.06. The zero-order chi connectivity index (χ0) is 8.85. The van der Waals surface area contributed by atoms with E-state index in [1.165, 1.54) is 19.3 Å². The van der Waals surface area contributed by atoms with Gasteiger partial charge in [0.15, 0.2) is 0 Å². The molecule has 0 heterocycles. The second kappa shape index (κ2) is 5.74. The molecule has 2 atom stereocenters. The Balaban J connectivity index is 3.81. The van der Waals surface area contributed by atoms with E-state index in [0.29, 0.717) is 0 Å². The van der Waals surface area contributed by atoms with Crippen molar-refractivity contribution in [2.45, 2.75) is 45.8 Å². The van der Waals surface area contributed by atoms with E-state index in [1.54, 1.807) is 0 Å². The minimum absolute atomic E-state index is 0.853. The molecular weight excluding hydrogens is 130 g/mol. The molecule has 2 unspecified atom stereocenters. The summed E-state index contributed by atoms with van der Waals surface area (Å²) < 4.78 is 0. The topological polar surface area (TPSA) is 0 Å². The Morgan fingerprint density at radius 1 is 1.18 bits per heavy atom. The van der Waals surface area contributed by atoms with Gasteiger partial charge in [-0.25, -0.2) is 0 Å². The van der Waals surface area contributed by atoms with Crippen molar-refractivity contribution >= 4 is 15.7 Å². The zero-order valence-corrected chi connectivity index (χ0v) is 8.85. The Labute approximate surface area is 74.0 Å². The fourth-order valence-corrected chi connectivity index (χ4v) is 1.75. The lowest BCUT2D eigenvalue weighted by molar-refractivity contribution is 0.336. The zero-order valence-electron chi connectivity index (χ0n) is 8.85. The van der Waals surface area contributed by atoms with Crippen LogP contribution >= 0.6 is 0 Å². The molecule has 0 rings (SSSR count). The molecule has 64 valence electrons. The second-order valence-electron chi connectivity index (χ2n) is 4.06. The molecule has 0 aromatic rings. The molecule has 0 aromatic heterocycles. The highest BCUT2D eigenvalue weighted by Crippen LogP contribution is 2.27. The molecule has 2 heteroatoms. The van der Waals surface area contributed by atoms with Crippen LogP contribution in [0.25, 0.3) is 0 Å². The van der Waals surface area contributed by atoms with Gasteiger partial charge in [-0.1, -0.05) is 51.7 Å². The van der Waals surface area contributed by atoms with Crippen LogP contribution in [0.2, 0.25) is 5.72 Å². The molecule has 0 amide bonds. The first-order valence-electron chi connectivity index (χ1n) is 5.13. The number of hydrogen-bond donors (Lipinski definition) is 0. The molecule has 0 bridgehead atoms. The molecule has 0 aliphatic rings. The van der Waals surface area contributed by atoms with E-state index in [0.717, 1.165) is 17.6 Å². The fraction of sp³-hybridized carbons (Fsp3) is 1.00. The van der Waals surface area contributed by atoms with Crippen LogP contribution < -0.4 is 0 Å². The molecule has 0 radical (unpaired) electrons. The SMILES string of the molecule is BC(B)C(C)C(CC)CCC. The summed E-state index contributed by atoms with van der Waals surface area (Å²) in [7, 11) is 4.67. The van der Waals surface area contributed by atoms with Gasteiger partial charge in [0.05, 0.1) is 15.7 Å². The minimum Gasteiger partial charge on any atom is -0.0932 e. The molecule has 0 saturated carbocycles.